The zero-order valence-electron chi connectivity index (χ0n) is 19.1. The second-order valence-electron chi connectivity index (χ2n) is 7.97. The van der Waals surface area contributed by atoms with E-state index in [9.17, 15) is 9.59 Å². The number of ether oxygens (including phenoxy) is 1. The zero-order valence-corrected chi connectivity index (χ0v) is 19.1. The molecule has 4 nitrogen and oxygen atoms in total. The molecular formula is C30H27NO3. The first kappa shape index (κ1) is 23.0. The van der Waals surface area contributed by atoms with E-state index in [4.69, 9.17) is 4.74 Å². The van der Waals surface area contributed by atoms with E-state index in [1.807, 2.05) is 66.7 Å². The molecule has 0 aromatic heterocycles. The van der Waals surface area contributed by atoms with Gasteiger partial charge in [-0.1, -0.05) is 91.0 Å². The Morgan fingerprint density at radius 3 is 1.62 bits per heavy atom. The molecule has 0 fully saturated rings. The van der Waals surface area contributed by atoms with Crippen molar-refractivity contribution in [1.82, 2.24) is 0 Å². The van der Waals surface area contributed by atoms with Gasteiger partial charge >= 0.3 is 5.97 Å². The van der Waals surface area contributed by atoms with Gasteiger partial charge in [-0.2, -0.15) is 0 Å². The standard InChI is InChI=1S/C30H27NO3/c1-2-34-30(33)25-18-20-26(21-19-25)31-29(32)28(24-16-10-5-11-17-24)27(22-12-6-3-7-13-22)23-14-8-4-9-15-23/h3-21,27-28H,2H2,1H3,(H,31,32)/t28-/m1/s1. The number of amides is 1. The van der Waals surface area contributed by atoms with Gasteiger partial charge in [0.15, 0.2) is 0 Å². The summed E-state index contributed by atoms with van der Waals surface area (Å²) < 4.78 is 5.05. The maximum Gasteiger partial charge on any atom is 0.338 e. The first-order valence-electron chi connectivity index (χ1n) is 11.4. The van der Waals surface area contributed by atoms with E-state index in [1.165, 1.54) is 0 Å². The molecule has 1 N–H and O–H groups in total. The van der Waals surface area contributed by atoms with Crippen molar-refractivity contribution in [3.8, 4) is 0 Å². The monoisotopic (exact) mass is 449 g/mol. The molecule has 0 saturated heterocycles. The van der Waals surface area contributed by atoms with E-state index >= 15 is 0 Å². The second-order valence-corrected chi connectivity index (χ2v) is 7.97. The van der Waals surface area contributed by atoms with E-state index in [0.717, 1.165) is 16.7 Å². The molecule has 4 aromatic carbocycles. The van der Waals surface area contributed by atoms with Crippen LogP contribution < -0.4 is 5.32 Å². The Morgan fingerprint density at radius 2 is 1.15 bits per heavy atom. The summed E-state index contributed by atoms with van der Waals surface area (Å²) in [5.74, 6) is -1.14. The average Bonchev–Trinajstić information content (AvgIpc) is 2.89. The molecule has 4 rings (SSSR count). The first-order valence-corrected chi connectivity index (χ1v) is 11.4. The number of rotatable bonds is 8. The maximum atomic E-state index is 13.8. The lowest BCUT2D eigenvalue weighted by molar-refractivity contribution is -0.117. The van der Waals surface area contributed by atoms with Crippen molar-refractivity contribution in [2.75, 3.05) is 11.9 Å². The van der Waals surface area contributed by atoms with E-state index in [0.29, 0.717) is 17.9 Å². The molecule has 4 heteroatoms. The van der Waals surface area contributed by atoms with Crippen LogP contribution in [-0.2, 0) is 9.53 Å². The highest BCUT2D eigenvalue weighted by atomic mass is 16.5. The highest BCUT2D eigenvalue weighted by Gasteiger charge is 2.32. The lowest BCUT2D eigenvalue weighted by Crippen LogP contribution is -2.27. The van der Waals surface area contributed by atoms with Crippen molar-refractivity contribution in [1.29, 1.82) is 0 Å². The van der Waals surface area contributed by atoms with Crippen LogP contribution in [0.4, 0.5) is 5.69 Å². The van der Waals surface area contributed by atoms with Crippen LogP contribution in [0.1, 0.15) is 45.8 Å². The molecule has 1 amide bonds. The average molecular weight is 450 g/mol. The molecular weight excluding hydrogens is 422 g/mol. The molecule has 0 unspecified atom stereocenters. The van der Waals surface area contributed by atoms with Gasteiger partial charge in [0.2, 0.25) is 5.91 Å². The molecule has 0 heterocycles. The Labute approximate surface area is 200 Å². The molecule has 170 valence electrons. The molecule has 1 atom stereocenters. The lowest BCUT2D eigenvalue weighted by atomic mass is 9.76. The topological polar surface area (TPSA) is 55.4 Å². The first-order chi connectivity index (χ1) is 16.7. The largest absolute Gasteiger partial charge is 0.462 e. The van der Waals surface area contributed by atoms with Crippen molar-refractivity contribution in [3.63, 3.8) is 0 Å². The normalized spacial score (nSPS) is 11.6. The van der Waals surface area contributed by atoms with Crippen molar-refractivity contribution in [3.05, 3.63) is 138 Å². The summed E-state index contributed by atoms with van der Waals surface area (Å²) in [6.07, 6.45) is 0. The minimum absolute atomic E-state index is 0.118. The molecule has 0 aliphatic heterocycles. The number of carbonyl (C=O) groups excluding carboxylic acids is 2. The highest BCUT2D eigenvalue weighted by Crippen LogP contribution is 2.39. The molecule has 4 aromatic rings. The lowest BCUT2D eigenvalue weighted by Gasteiger charge is -2.28. The molecule has 0 saturated carbocycles. The van der Waals surface area contributed by atoms with Crippen LogP contribution in [0.15, 0.2) is 115 Å². The summed E-state index contributed by atoms with van der Waals surface area (Å²) >= 11 is 0. The van der Waals surface area contributed by atoms with E-state index in [1.54, 1.807) is 31.2 Å². The van der Waals surface area contributed by atoms with Crippen molar-refractivity contribution in [2.24, 2.45) is 0 Å². The Morgan fingerprint density at radius 1 is 0.676 bits per heavy atom. The number of hydrogen-bond donors (Lipinski definition) is 1. The third-order valence-corrected chi connectivity index (χ3v) is 5.76. The van der Waals surface area contributed by atoms with Gasteiger partial charge in [-0.25, -0.2) is 4.79 Å². The Balaban J connectivity index is 1.71. The van der Waals surface area contributed by atoms with Gasteiger partial charge in [-0.15, -0.1) is 0 Å². The fraction of sp³-hybridized carbons (Fsp3) is 0.133. The van der Waals surface area contributed by atoms with Crippen molar-refractivity contribution in [2.45, 2.75) is 18.8 Å². The van der Waals surface area contributed by atoms with Crippen LogP contribution in [0.3, 0.4) is 0 Å². The van der Waals surface area contributed by atoms with Gasteiger partial charge in [-0.3, -0.25) is 4.79 Å². The molecule has 34 heavy (non-hydrogen) atoms. The van der Waals surface area contributed by atoms with Crippen LogP contribution in [0, 0.1) is 0 Å². The van der Waals surface area contributed by atoms with Crippen LogP contribution in [0.2, 0.25) is 0 Å². The second kappa shape index (κ2) is 11.1. The van der Waals surface area contributed by atoms with Crippen LogP contribution in [0.25, 0.3) is 0 Å². The maximum absolute atomic E-state index is 13.8. The van der Waals surface area contributed by atoms with Crippen LogP contribution in [-0.4, -0.2) is 18.5 Å². The molecule has 0 bridgehead atoms. The minimum atomic E-state index is -0.462. The van der Waals surface area contributed by atoms with Gasteiger partial charge in [0.05, 0.1) is 18.1 Å². The van der Waals surface area contributed by atoms with E-state index in [2.05, 4.69) is 29.6 Å². The Bertz CT molecular complexity index is 1170. The number of hydrogen-bond acceptors (Lipinski definition) is 3. The zero-order chi connectivity index (χ0) is 23.8. The molecule has 0 radical (unpaired) electrons. The van der Waals surface area contributed by atoms with Crippen LogP contribution >= 0.6 is 0 Å². The van der Waals surface area contributed by atoms with Gasteiger partial charge < -0.3 is 10.1 Å². The van der Waals surface area contributed by atoms with Crippen LogP contribution in [0.5, 0.6) is 0 Å². The summed E-state index contributed by atoms with van der Waals surface area (Å²) in [4.78, 5) is 25.8. The third kappa shape index (κ3) is 5.41. The molecule has 0 spiro atoms. The summed E-state index contributed by atoms with van der Waals surface area (Å²) in [6, 6.07) is 36.8. The molecule has 0 aliphatic carbocycles. The van der Waals surface area contributed by atoms with Gasteiger partial charge in [0.1, 0.15) is 0 Å². The quantitative estimate of drug-likeness (QED) is 0.316. The Kier molecular flexibility index (Phi) is 7.51. The van der Waals surface area contributed by atoms with E-state index in [-0.39, 0.29) is 17.8 Å². The number of anilines is 1. The number of carbonyl (C=O) groups is 2. The fourth-order valence-electron chi connectivity index (χ4n) is 4.18. The SMILES string of the molecule is CCOC(=O)c1ccc(NC(=O)[C@H](c2ccccc2)C(c2ccccc2)c2ccccc2)cc1. The van der Waals surface area contributed by atoms with Gasteiger partial charge in [-0.05, 0) is 47.9 Å². The number of benzene rings is 4. The Hall–Kier alpha value is -4.18. The summed E-state index contributed by atoms with van der Waals surface area (Å²) in [5, 5.41) is 3.07. The number of esters is 1. The summed E-state index contributed by atoms with van der Waals surface area (Å²) in [5.41, 5.74) is 4.14. The third-order valence-electron chi connectivity index (χ3n) is 5.76. The van der Waals surface area contributed by atoms with E-state index < -0.39 is 5.92 Å². The smallest absolute Gasteiger partial charge is 0.338 e. The molecule has 0 aliphatic rings. The predicted molar refractivity (Wildman–Crippen MR) is 135 cm³/mol. The van der Waals surface area contributed by atoms with Crippen molar-refractivity contribution < 1.29 is 14.3 Å². The summed E-state index contributed by atoms with van der Waals surface area (Å²) in [6.45, 7) is 2.09. The highest BCUT2D eigenvalue weighted by molar-refractivity contribution is 5.97. The predicted octanol–water partition coefficient (Wildman–Crippen LogP) is 6.42. The number of nitrogens with one attached hydrogen (secondary N) is 1. The van der Waals surface area contributed by atoms with Gasteiger partial charge in [0.25, 0.3) is 0 Å². The fourth-order valence-corrected chi connectivity index (χ4v) is 4.18. The van der Waals surface area contributed by atoms with Gasteiger partial charge in [0, 0.05) is 11.6 Å². The summed E-state index contributed by atoms with van der Waals surface area (Å²) in [7, 11) is 0. The van der Waals surface area contributed by atoms with Crippen molar-refractivity contribution >= 4 is 17.6 Å². The minimum Gasteiger partial charge on any atom is -0.462 e.